The average Bonchev–Trinajstić information content (AvgIpc) is 2.55. The van der Waals surface area contributed by atoms with Gasteiger partial charge in [0.15, 0.2) is 6.10 Å². The molecule has 0 fully saturated rings. The van der Waals surface area contributed by atoms with E-state index in [4.69, 9.17) is 4.74 Å². The maximum atomic E-state index is 13.1. The van der Waals surface area contributed by atoms with Crippen LogP contribution in [0.4, 0.5) is 20.6 Å². The molecule has 7 heteroatoms. The first-order valence-corrected chi connectivity index (χ1v) is 7.16. The Bertz CT molecular complexity index is 736. The molecule has 1 unspecified atom stereocenters. The van der Waals surface area contributed by atoms with Crippen LogP contribution in [0.25, 0.3) is 0 Å². The summed E-state index contributed by atoms with van der Waals surface area (Å²) in [5.41, 5.74) is 0.946. The Balaban J connectivity index is 1.98. The van der Waals surface area contributed by atoms with E-state index in [0.717, 1.165) is 0 Å². The monoisotopic (exact) mass is 332 g/mol. The zero-order chi connectivity index (χ0) is 17.5. The van der Waals surface area contributed by atoms with Crippen molar-refractivity contribution in [3.05, 3.63) is 54.3 Å². The Hall–Kier alpha value is -3.09. The highest BCUT2D eigenvalue weighted by atomic mass is 19.1. The average molecular weight is 332 g/mol. The molecule has 0 saturated heterocycles. The van der Waals surface area contributed by atoms with E-state index >= 15 is 0 Å². The molecule has 6 nitrogen and oxygen atoms in total. The number of ether oxygens (including phenoxy) is 2. The van der Waals surface area contributed by atoms with Gasteiger partial charge in [0.1, 0.15) is 11.6 Å². The molecule has 0 aliphatic heterocycles. The molecule has 2 rings (SSSR count). The predicted molar refractivity (Wildman–Crippen MR) is 87.6 cm³/mol. The lowest BCUT2D eigenvalue weighted by Crippen LogP contribution is -2.30. The molecule has 2 aromatic carbocycles. The first-order chi connectivity index (χ1) is 11.5. The lowest BCUT2D eigenvalue weighted by molar-refractivity contribution is -0.122. The maximum Gasteiger partial charge on any atom is 0.411 e. The van der Waals surface area contributed by atoms with E-state index in [1.54, 1.807) is 37.3 Å². The van der Waals surface area contributed by atoms with Gasteiger partial charge in [-0.1, -0.05) is 12.1 Å². The smallest absolute Gasteiger partial charge is 0.411 e. The molecule has 126 valence electrons. The molecule has 0 bridgehead atoms. The van der Waals surface area contributed by atoms with Gasteiger partial charge in [0, 0.05) is 17.4 Å². The van der Waals surface area contributed by atoms with Gasteiger partial charge in [0.25, 0.3) is 5.91 Å². The van der Waals surface area contributed by atoms with Gasteiger partial charge >= 0.3 is 6.09 Å². The summed E-state index contributed by atoms with van der Waals surface area (Å²) in [5.74, 6) is -0.588. The lowest BCUT2D eigenvalue weighted by Gasteiger charge is -2.15. The number of carbonyl (C=O) groups is 2. The zero-order valence-electron chi connectivity index (χ0n) is 13.2. The standard InChI is InChI=1S/C17H17FN2O4/c1-11(24-15-8-3-5-12(18)9-15)16(21)19-13-6-4-7-14(10-13)20-17(22)23-2/h3-11H,1-2H3,(H,19,21)(H,20,22). The summed E-state index contributed by atoms with van der Waals surface area (Å²) in [6.45, 7) is 1.55. The summed E-state index contributed by atoms with van der Waals surface area (Å²) >= 11 is 0. The van der Waals surface area contributed by atoms with E-state index in [1.165, 1.54) is 25.3 Å². The fourth-order valence-corrected chi connectivity index (χ4v) is 1.89. The molecule has 0 saturated carbocycles. The molecule has 0 radical (unpaired) electrons. The number of anilines is 2. The first kappa shape index (κ1) is 17.3. The molecule has 0 heterocycles. The van der Waals surface area contributed by atoms with E-state index in [0.29, 0.717) is 11.4 Å². The van der Waals surface area contributed by atoms with Crippen molar-refractivity contribution in [3.8, 4) is 5.75 Å². The van der Waals surface area contributed by atoms with Gasteiger partial charge in [-0.15, -0.1) is 0 Å². The van der Waals surface area contributed by atoms with Crippen LogP contribution in [0.5, 0.6) is 5.75 Å². The summed E-state index contributed by atoms with van der Waals surface area (Å²) in [7, 11) is 1.26. The van der Waals surface area contributed by atoms with Crippen molar-refractivity contribution < 1.29 is 23.5 Å². The van der Waals surface area contributed by atoms with Crippen LogP contribution in [0, 0.1) is 5.82 Å². The second-order valence-electron chi connectivity index (χ2n) is 4.90. The Morgan fingerprint density at radius 3 is 2.38 bits per heavy atom. The molecular weight excluding hydrogens is 315 g/mol. The van der Waals surface area contributed by atoms with Crippen molar-refractivity contribution in [2.24, 2.45) is 0 Å². The van der Waals surface area contributed by atoms with Crippen LogP contribution in [0.1, 0.15) is 6.92 Å². The van der Waals surface area contributed by atoms with Crippen LogP contribution in [0.2, 0.25) is 0 Å². The highest BCUT2D eigenvalue weighted by Gasteiger charge is 2.15. The molecule has 2 aromatic rings. The van der Waals surface area contributed by atoms with Gasteiger partial charge in [0.05, 0.1) is 7.11 Å². The van der Waals surface area contributed by atoms with Crippen LogP contribution in [0.15, 0.2) is 48.5 Å². The molecule has 0 aliphatic rings. The largest absolute Gasteiger partial charge is 0.481 e. The quantitative estimate of drug-likeness (QED) is 0.880. The summed E-state index contributed by atoms with van der Waals surface area (Å²) in [4.78, 5) is 23.3. The SMILES string of the molecule is COC(=O)Nc1cccc(NC(=O)C(C)Oc2cccc(F)c2)c1. The van der Waals surface area contributed by atoms with Crippen molar-refractivity contribution in [1.29, 1.82) is 0 Å². The number of halogens is 1. The van der Waals surface area contributed by atoms with Gasteiger partial charge in [-0.2, -0.15) is 0 Å². The van der Waals surface area contributed by atoms with Crippen molar-refractivity contribution in [2.45, 2.75) is 13.0 Å². The number of methoxy groups -OCH3 is 1. The minimum Gasteiger partial charge on any atom is -0.481 e. The first-order valence-electron chi connectivity index (χ1n) is 7.16. The molecule has 2 amide bonds. The molecule has 0 aliphatic carbocycles. The highest BCUT2D eigenvalue weighted by molar-refractivity contribution is 5.95. The maximum absolute atomic E-state index is 13.1. The van der Waals surface area contributed by atoms with Gasteiger partial charge in [-0.3, -0.25) is 10.1 Å². The van der Waals surface area contributed by atoms with Gasteiger partial charge in [0.2, 0.25) is 0 Å². The van der Waals surface area contributed by atoms with E-state index in [1.807, 2.05) is 0 Å². The van der Waals surface area contributed by atoms with Crippen molar-refractivity contribution in [1.82, 2.24) is 0 Å². The third-order valence-electron chi connectivity index (χ3n) is 3.04. The minimum atomic E-state index is -0.830. The predicted octanol–water partition coefficient (Wildman–Crippen LogP) is 3.41. The number of nitrogens with one attached hydrogen (secondary N) is 2. The number of hydrogen-bond acceptors (Lipinski definition) is 4. The van der Waals surface area contributed by atoms with Crippen LogP contribution >= 0.6 is 0 Å². The van der Waals surface area contributed by atoms with Crippen molar-refractivity contribution in [3.63, 3.8) is 0 Å². The minimum absolute atomic E-state index is 0.263. The van der Waals surface area contributed by atoms with Crippen molar-refractivity contribution in [2.75, 3.05) is 17.7 Å². The van der Waals surface area contributed by atoms with Crippen molar-refractivity contribution >= 4 is 23.4 Å². The normalized spacial score (nSPS) is 11.3. The third kappa shape index (κ3) is 4.98. The summed E-state index contributed by atoms with van der Waals surface area (Å²) < 4.78 is 23.0. The topological polar surface area (TPSA) is 76.7 Å². The molecule has 2 N–H and O–H groups in total. The molecule has 1 atom stereocenters. The molecular formula is C17H17FN2O4. The molecule has 0 spiro atoms. The van der Waals surface area contributed by atoms with E-state index in [2.05, 4.69) is 15.4 Å². The van der Waals surface area contributed by atoms with Gasteiger partial charge in [-0.05, 0) is 37.3 Å². The van der Waals surface area contributed by atoms with Crippen LogP contribution in [-0.2, 0) is 9.53 Å². The van der Waals surface area contributed by atoms with Crippen LogP contribution in [-0.4, -0.2) is 25.2 Å². The Morgan fingerprint density at radius 2 is 1.71 bits per heavy atom. The Kier molecular flexibility index (Phi) is 5.73. The Morgan fingerprint density at radius 1 is 1.04 bits per heavy atom. The highest BCUT2D eigenvalue weighted by Crippen LogP contribution is 2.17. The number of carbonyl (C=O) groups excluding carboxylic acids is 2. The number of amides is 2. The van der Waals surface area contributed by atoms with Gasteiger partial charge in [-0.25, -0.2) is 9.18 Å². The second-order valence-corrected chi connectivity index (χ2v) is 4.90. The van der Waals surface area contributed by atoms with E-state index < -0.39 is 23.9 Å². The second kappa shape index (κ2) is 7.96. The Labute approximate surface area is 138 Å². The number of hydrogen-bond donors (Lipinski definition) is 2. The summed E-state index contributed by atoms with van der Waals surface area (Å²) in [6.07, 6.45) is -1.44. The van der Waals surface area contributed by atoms with E-state index in [-0.39, 0.29) is 5.75 Å². The molecule has 24 heavy (non-hydrogen) atoms. The van der Waals surface area contributed by atoms with Crippen LogP contribution < -0.4 is 15.4 Å². The fraction of sp³-hybridized carbons (Fsp3) is 0.176. The fourth-order valence-electron chi connectivity index (χ4n) is 1.89. The third-order valence-corrected chi connectivity index (χ3v) is 3.04. The molecule has 0 aromatic heterocycles. The van der Waals surface area contributed by atoms with Crippen LogP contribution in [0.3, 0.4) is 0 Å². The van der Waals surface area contributed by atoms with Gasteiger partial charge < -0.3 is 14.8 Å². The number of benzene rings is 2. The number of rotatable bonds is 5. The zero-order valence-corrected chi connectivity index (χ0v) is 13.2. The lowest BCUT2D eigenvalue weighted by atomic mass is 10.2. The summed E-state index contributed by atoms with van der Waals surface area (Å²) in [5, 5.41) is 5.15. The summed E-state index contributed by atoms with van der Waals surface area (Å²) in [6, 6.07) is 12.1. The van der Waals surface area contributed by atoms with E-state index in [9.17, 15) is 14.0 Å².